The standard InChI is InChI=1S/C11H8ClF3N4O/c12-7-1-2-8(9(3-7)11(13,14)15)10(18-20)4-19-6-16-5-17-19/h1-3,5-6,10H,4H2. The van der Waals surface area contributed by atoms with Crippen molar-refractivity contribution in [2.75, 3.05) is 0 Å². The lowest BCUT2D eigenvalue weighted by atomic mass is 10.0. The number of benzene rings is 1. The maximum absolute atomic E-state index is 13.0. The summed E-state index contributed by atoms with van der Waals surface area (Å²) in [7, 11) is 0. The molecule has 20 heavy (non-hydrogen) atoms. The topological polar surface area (TPSA) is 60.1 Å². The fraction of sp³-hybridized carbons (Fsp3) is 0.273. The molecule has 0 saturated carbocycles. The minimum Gasteiger partial charge on any atom is -0.250 e. The Kier molecular flexibility index (Phi) is 4.03. The molecule has 0 N–H and O–H groups in total. The summed E-state index contributed by atoms with van der Waals surface area (Å²) in [5, 5.41) is 6.43. The van der Waals surface area contributed by atoms with Crippen molar-refractivity contribution in [3.8, 4) is 0 Å². The summed E-state index contributed by atoms with van der Waals surface area (Å²) < 4.78 is 40.1. The summed E-state index contributed by atoms with van der Waals surface area (Å²) in [5.74, 6) is 0. The van der Waals surface area contributed by atoms with Crippen LogP contribution >= 0.6 is 11.6 Å². The minimum absolute atomic E-state index is 0.0634. The van der Waals surface area contributed by atoms with Gasteiger partial charge in [-0.2, -0.15) is 23.2 Å². The van der Waals surface area contributed by atoms with Crippen LogP contribution in [0.2, 0.25) is 5.02 Å². The number of hydrogen-bond donors (Lipinski definition) is 0. The minimum atomic E-state index is -4.62. The van der Waals surface area contributed by atoms with Gasteiger partial charge in [-0.05, 0) is 17.7 Å². The average molecular weight is 305 g/mol. The molecule has 0 aliphatic rings. The van der Waals surface area contributed by atoms with E-state index in [4.69, 9.17) is 11.6 Å². The van der Waals surface area contributed by atoms with E-state index in [1.54, 1.807) is 0 Å². The second kappa shape index (κ2) is 5.58. The summed E-state index contributed by atoms with van der Waals surface area (Å²) in [6, 6.07) is 1.97. The second-order valence-electron chi connectivity index (χ2n) is 3.97. The molecular formula is C11H8ClF3N4O. The molecule has 106 valence electrons. The Bertz CT molecular complexity index is 600. The summed E-state index contributed by atoms with van der Waals surface area (Å²) in [4.78, 5) is 14.5. The van der Waals surface area contributed by atoms with Crippen molar-refractivity contribution >= 4 is 11.6 Å². The van der Waals surface area contributed by atoms with Gasteiger partial charge in [0, 0.05) is 5.02 Å². The van der Waals surface area contributed by atoms with E-state index in [1.807, 2.05) is 0 Å². The highest BCUT2D eigenvalue weighted by atomic mass is 35.5. The first-order valence-electron chi connectivity index (χ1n) is 5.43. The van der Waals surface area contributed by atoms with E-state index in [9.17, 15) is 18.1 Å². The number of nitroso groups, excluding NO2 is 1. The summed E-state index contributed by atoms with van der Waals surface area (Å²) in [5.41, 5.74) is -1.22. The molecule has 0 spiro atoms. The Morgan fingerprint density at radius 1 is 1.40 bits per heavy atom. The summed E-state index contributed by atoms with van der Waals surface area (Å²) >= 11 is 5.58. The second-order valence-corrected chi connectivity index (χ2v) is 4.40. The first kappa shape index (κ1) is 14.4. The molecule has 1 aromatic carbocycles. The van der Waals surface area contributed by atoms with Gasteiger partial charge in [-0.15, -0.1) is 0 Å². The lowest BCUT2D eigenvalue weighted by molar-refractivity contribution is -0.138. The highest BCUT2D eigenvalue weighted by Gasteiger charge is 2.36. The van der Waals surface area contributed by atoms with E-state index in [-0.39, 0.29) is 17.1 Å². The van der Waals surface area contributed by atoms with E-state index < -0.39 is 17.8 Å². The monoisotopic (exact) mass is 304 g/mol. The van der Waals surface area contributed by atoms with E-state index in [0.717, 1.165) is 12.1 Å². The molecule has 5 nitrogen and oxygen atoms in total. The molecule has 1 unspecified atom stereocenters. The highest BCUT2D eigenvalue weighted by Crippen LogP contribution is 2.37. The van der Waals surface area contributed by atoms with Crippen LogP contribution in [0.5, 0.6) is 0 Å². The van der Waals surface area contributed by atoms with Gasteiger partial charge in [-0.1, -0.05) is 22.8 Å². The van der Waals surface area contributed by atoms with Crippen LogP contribution in [0.1, 0.15) is 17.2 Å². The molecule has 2 aromatic rings. The van der Waals surface area contributed by atoms with Crippen molar-refractivity contribution in [2.24, 2.45) is 5.18 Å². The summed E-state index contributed by atoms with van der Waals surface area (Å²) in [6.45, 7) is -0.131. The number of halogens is 4. The van der Waals surface area contributed by atoms with Crippen LogP contribution < -0.4 is 0 Å². The molecule has 0 amide bonds. The Balaban J connectivity index is 2.41. The molecule has 0 fully saturated rings. The van der Waals surface area contributed by atoms with E-state index in [0.29, 0.717) is 0 Å². The van der Waals surface area contributed by atoms with Gasteiger partial charge in [-0.3, -0.25) is 4.68 Å². The predicted octanol–water partition coefficient (Wildman–Crippen LogP) is 3.46. The molecule has 0 saturated heterocycles. The first-order valence-corrected chi connectivity index (χ1v) is 5.81. The van der Waals surface area contributed by atoms with Crippen LogP contribution in [-0.4, -0.2) is 14.8 Å². The van der Waals surface area contributed by atoms with Gasteiger partial charge < -0.3 is 0 Å². The fourth-order valence-electron chi connectivity index (χ4n) is 1.76. The van der Waals surface area contributed by atoms with Crippen LogP contribution in [0.15, 0.2) is 36.0 Å². The van der Waals surface area contributed by atoms with Crippen molar-refractivity contribution < 1.29 is 13.2 Å². The third-order valence-electron chi connectivity index (χ3n) is 2.63. The number of hydrogen-bond acceptors (Lipinski definition) is 4. The van der Waals surface area contributed by atoms with Gasteiger partial charge in [-0.25, -0.2) is 4.98 Å². The van der Waals surface area contributed by atoms with E-state index in [1.165, 1.54) is 23.4 Å². The molecule has 0 aliphatic heterocycles. The zero-order chi connectivity index (χ0) is 14.8. The van der Waals surface area contributed by atoms with Gasteiger partial charge >= 0.3 is 6.18 Å². The van der Waals surface area contributed by atoms with Crippen LogP contribution in [0, 0.1) is 4.91 Å². The molecule has 2 rings (SSSR count). The van der Waals surface area contributed by atoms with Gasteiger partial charge in [0.2, 0.25) is 0 Å². The largest absolute Gasteiger partial charge is 0.416 e. The van der Waals surface area contributed by atoms with Crippen molar-refractivity contribution in [3.63, 3.8) is 0 Å². The fourth-order valence-corrected chi connectivity index (χ4v) is 1.93. The van der Waals surface area contributed by atoms with Crippen LogP contribution in [0.25, 0.3) is 0 Å². The summed E-state index contributed by atoms with van der Waals surface area (Å²) in [6.07, 6.45) is -2.11. The van der Waals surface area contributed by atoms with Gasteiger partial charge in [0.05, 0.1) is 12.1 Å². The van der Waals surface area contributed by atoms with Crippen molar-refractivity contribution in [3.05, 3.63) is 51.9 Å². The number of aromatic nitrogens is 3. The Morgan fingerprint density at radius 2 is 2.15 bits per heavy atom. The maximum Gasteiger partial charge on any atom is 0.416 e. The third kappa shape index (κ3) is 3.13. The number of alkyl halides is 3. The normalized spacial score (nSPS) is 13.2. The quantitative estimate of drug-likeness (QED) is 0.813. The SMILES string of the molecule is O=NC(Cn1cncn1)c1ccc(Cl)cc1C(F)(F)F. The Hall–Kier alpha value is -1.96. The van der Waals surface area contributed by atoms with E-state index in [2.05, 4.69) is 15.3 Å². The van der Waals surface area contributed by atoms with E-state index >= 15 is 0 Å². The molecule has 9 heteroatoms. The Labute approximate surface area is 116 Å². The first-order chi connectivity index (χ1) is 9.41. The molecule has 1 aromatic heterocycles. The zero-order valence-corrected chi connectivity index (χ0v) is 10.6. The number of nitrogens with zero attached hydrogens (tertiary/aromatic N) is 4. The molecule has 0 bridgehead atoms. The Morgan fingerprint density at radius 3 is 2.70 bits per heavy atom. The zero-order valence-electron chi connectivity index (χ0n) is 9.88. The van der Waals surface area contributed by atoms with Crippen molar-refractivity contribution in [1.82, 2.24) is 14.8 Å². The van der Waals surface area contributed by atoms with Gasteiger partial charge in [0.15, 0.2) is 0 Å². The van der Waals surface area contributed by atoms with Crippen molar-refractivity contribution in [2.45, 2.75) is 18.8 Å². The molecule has 1 atom stereocenters. The van der Waals surface area contributed by atoms with Crippen LogP contribution in [0.4, 0.5) is 13.2 Å². The molecule has 1 heterocycles. The molecular weight excluding hydrogens is 297 g/mol. The van der Waals surface area contributed by atoms with Crippen molar-refractivity contribution in [1.29, 1.82) is 0 Å². The maximum atomic E-state index is 13.0. The smallest absolute Gasteiger partial charge is 0.250 e. The molecule has 0 radical (unpaired) electrons. The highest BCUT2D eigenvalue weighted by molar-refractivity contribution is 6.30. The number of rotatable bonds is 4. The lowest BCUT2D eigenvalue weighted by Crippen LogP contribution is -2.15. The van der Waals surface area contributed by atoms with Gasteiger partial charge in [0.1, 0.15) is 18.7 Å². The van der Waals surface area contributed by atoms with Crippen LogP contribution in [-0.2, 0) is 12.7 Å². The molecule has 0 aliphatic carbocycles. The predicted molar refractivity (Wildman–Crippen MR) is 65.0 cm³/mol. The lowest BCUT2D eigenvalue weighted by Gasteiger charge is -2.16. The average Bonchev–Trinajstić information content (AvgIpc) is 2.88. The third-order valence-corrected chi connectivity index (χ3v) is 2.87. The van der Waals surface area contributed by atoms with Crippen LogP contribution in [0.3, 0.4) is 0 Å². The van der Waals surface area contributed by atoms with Gasteiger partial charge in [0.25, 0.3) is 0 Å².